The number of carboxylic acid groups (broad SMARTS) is 1. The van der Waals surface area contributed by atoms with E-state index in [2.05, 4.69) is 50.2 Å². The molecule has 0 radical (unpaired) electrons. The van der Waals surface area contributed by atoms with Gasteiger partial charge in [0.15, 0.2) is 0 Å². The maximum Gasteiger partial charge on any atom is 0.352 e. The lowest BCUT2D eigenvalue weighted by molar-refractivity contribution is 0.0684. The molecular formula is C31H29NO3. The van der Waals surface area contributed by atoms with Crippen LogP contribution in [0.1, 0.15) is 39.2 Å². The topological polar surface area (TPSA) is 51.5 Å². The van der Waals surface area contributed by atoms with Gasteiger partial charge in [-0.1, -0.05) is 78.4 Å². The summed E-state index contributed by atoms with van der Waals surface area (Å²) in [5.41, 5.74) is 5.70. The summed E-state index contributed by atoms with van der Waals surface area (Å²) in [5.74, 6) is -0.0326. The molecule has 0 aliphatic heterocycles. The highest BCUT2D eigenvalue weighted by molar-refractivity contribution is 5.98. The summed E-state index contributed by atoms with van der Waals surface area (Å²) >= 11 is 0. The molecule has 4 aromatic carbocycles. The Morgan fingerprint density at radius 3 is 2.43 bits per heavy atom. The fourth-order valence-corrected chi connectivity index (χ4v) is 4.98. The molecule has 1 aromatic heterocycles. The zero-order valence-corrected chi connectivity index (χ0v) is 20.1. The summed E-state index contributed by atoms with van der Waals surface area (Å²) in [4.78, 5) is 12.5. The predicted octanol–water partition coefficient (Wildman–Crippen LogP) is 7.17. The molecule has 0 aliphatic rings. The van der Waals surface area contributed by atoms with Crippen LogP contribution in [0.5, 0.6) is 5.75 Å². The van der Waals surface area contributed by atoms with Crippen LogP contribution < -0.4 is 4.74 Å². The molecule has 1 N–H and O–H groups in total. The minimum absolute atomic E-state index is 0.372. The van der Waals surface area contributed by atoms with Crippen molar-refractivity contribution in [2.24, 2.45) is 0 Å². The number of carbonyl (C=O) groups is 1. The smallest absolute Gasteiger partial charge is 0.352 e. The molecular weight excluding hydrogens is 434 g/mol. The number of benzene rings is 4. The molecule has 0 fully saturated rings. The number of ether oxygens (including phenoxy) is 1. The van der Waals surface area contributed by atoms with E-state index in [0.29, 0.717) is 25.3 Å². The molecule has 0 unspecified atom stereocenters. The van der Waals surface area contributed by atoms with Crippen molar-refractivity contribution >= 4 is 27.6 Å². The monoisotopic (exact) mass is 463 g/mol. The Labute approximate surface area is 205 Å². The van der Waals surface area contributed by atoms with Gasteiger partial charge in [-0.2, -0.15) is 0 Å². The standard InChI is InChI=1S/C31H29NO3/c1-21-16-17-24(22(2)19-21)20-32-28-14-6-5-12-26(28)27(30(32)31(33)34)13-8-18-35-29-15-7-10-23-9-3-4-11-25(23)29/h3-7,9-12,14-17,19H,8,13,18,20H2,1-2H3,(H,33,34). The van der Waals surface area contributed by atoms with E-state index >= 15 is 0 Å². The Morgan fingerprint density at radius 2 is 1.63 bits per heavy atom. The number of para-hydroxylation sites is 1. The van der Waals surface area contributed by atoms with E-state index in [1.165, 1.54) is 11.1 Å². The normalized spacial score (nSPS) is 11.3. The molecule has 35 heavy (non-hydrogen) atoms. The van der Waals surface area contributed by atoms with E-state index < -0.39 is 5.97 Å². The van der Waals surface area contributed by atoms with E-state index in [1.807, 2.05) is 53.1 Å². The van der Waals surface area contributed by atoms with E-state index in [1.54, 1.807) is 0 Å². The first-order chi connectivity index (χ1) is 17.0. The summed E-state index contributed by atoms with van der Waals surface area (Å²) in [6.07, 6.45) is 1.36. The highest BCUT2D eigenvalue weighted by Crippen LogP contribution is 2.30. The Balaban J connectivity index is 1.42. The Bertz CT molecular complexity index is 1520. The summed E-state index contributed by atoms with van der Waals surface area (Å²) in [6.45, 7) is 5.20. The summed E-state index contributed by atoms with van der Waals surface area (Å²) in [6, 6.07) is 28.6. The Hall–Kier alpha value is -4.05. The number of rotatable bonds is 8. The first-order valence-electron chi connectivity index (χ1n) is 12.0. The average molecular weight is 464 g/mol. The summed E-state index contributed by atoms with van der Waals surface area (Å²) < 4.78 is 8.08. The lowest BCUT2D eigenvalue weighted by atomic mass is 10.1. The van der Waals surface area contributed by atoms with Crippen molar-refractivity contribution in [2.75, 3.05) is 6.61 Å². The third-order valence-corrected chi connectivity index (χ3v) is 6.68. The van der Waals surface area contributed by atoms with Crippen LogP contribution in [0.15, 0.2) is 84.9 Å². The van der Waals surface area contributed by atoms with Gasteiger partial charge in [0.1, 0.15) is 11.4 Å². The summed E-state index contributed by atoms with van der Waals surface area (Å²) in [5, 5.41) is 13.5. The van der Waals surface area contributed by atoms with Gasteiger partial charge in [-0.15, -0.1) is 0 Å². The van der Waals surface area contributed by atoms with E-state index in [4.69, 9.17) is 4.74 Å². The van der Waals surface area contributed by atoms with Crippen LogP contribution in [-0.2, 0) is 13.0 Å². The van der Waals surface area contributed by atoms with Crippen LogP contribution in [0.4, 0.5) is 0 Å². The number of aromatic carboxylic acids is 1. The molecule has 0 aliphatic carbocycles. The van der Waals surface area contributed by atoms with Crippen molar-refractivity contribution in [3.05, 3.63) is 113 Å². The molecule has 0 amide bonds. The van der Waals surface area contributed by atoms with Gasteiger partial charge in [-0.3, -0.25) is 0 Å². The molecule has 0 saturated heterocycles. The maximum atomic E-state index is 12.5. The first-order valence-corrected chi connectivity index (χ1v) is 12.0. The SMILES string of the molecule is Cc1ccc(Cn2c(C(=O)O)c(CCCOc3cccc4ccccc34)c3ccccc32)c(C)c1. The van der Waals surface area contributed by atoms with E-state index in [0.717, 1.165) is 45.0 Å². The Kier molecular flexibility index (Phi) is 6.28. The van der Waals surface area contributed by atoms with E-state index in [-0.39, 0.29) is 0 Å². The quantitative estimate of drug-likeness (QED) is 0.248. The molecule has 4 heteroatoms. The fourth-order valence-electron chi connectivity index (χ4n) is 4.98. The van der Waals surface area contributed by atoms with Crippen molar-refractivity contribution < 1.29 is 14.6 Å². The van der Waals surface area contributed by atoms with Crippen LogP contribution >= 0.6 is 0 Å². The van der Waals surface area contributed by atoms with Crippen LogP contribution in [-0.4, -0.2) is 22.2 Å². The molecule has 5 aromatic rings. The van der Waals surface area contributed by atoms with Gasteiger partial charge in [-0.05, 0) is 60.9 Å². The third kappa shape index (κ3) is 4.52. The molecule has 0 atom stereocenters. The van der Waals surface area contributed by atoms with Gasteiger partial charge >= 0.3 is 5.97 Å². The number of fused-ring (bicyclic) bond motifs is 2. The van der Waals surface area contributed by atoms with Gasteiger partial charge in [0, 0.05) is 22.8 Å². The van der Waals surface area contributed by atoms with Crippen molar-refractivity contribution in [3.8, 4) is 5.75 Å². The minimum atomic E-state index is -0.893. The van der Waals surface area contributed by atoms with Crippen molar-refractivity contribution in [1.82, 2.24) is 4.57 Å². The van der Waals surface area contributed by atoms with Crippen molar-refractivity contribution in [1.29, 1.82) is 0 Å². The highest BCUT2D eigenvalue weighted by atomic mass is 16.5. The highest BCUT2D eigenvalue weighted by Gasteiger charge is 2.22. The molecule has 0 bridgehead atoms. The van der Waals surface area contributed by atoms with Gasteiger partial charge in [0.2, 0.25) is 0 Å². The van der Waals surface area contributed by atoms with Crippen LogP contribution in [0.25, 0.3) is 21.7 Å². The lowest BCUT2D eigenvalue weighted by Gasteiger charge is -2.12. The van der Waals surface area contributed by atoms with E-state index in [9.17, 15) is 9.90 Å². The number of nitrogens with zero attached hydrogens (tertiary/aromatic N) is 1. The van der Waals surface area contributed by atoms with Crippen LogP contribution in [0.2, 0.25) is 0 Å². The van der Waals surface area contributed by atoms with Gasteiger partial charge < -0.3 is 14.4 Å². The molecule has 0 spiro atoms. The lowest BCUT2D eigenvalue weighted by Crippen LogP contribution is -2.12. The predicted molar refractivity (Wildman–Crippen MR) is 142 cm³/mol. The fraction of sp³-hybridized carbons (Fsp3) is 0.194. The molecule has 0 saturated carbocycles. The second-order valence-electron chi connectivity index (χ2n) is 9.09. The van der Waals surface area contributed by atoms with Crippen LogP contribution in [0.3, 0.4) is 0 Å². The van der Waals surface area contributed by atoms with Gasteiger partial charge in [-0.25, -0.2) is 4.79 Å². The number of aryl methyl sites for hydroxylation is 3. The molecule has 176 valence electrons. The number of aromatic nitrogens is 1. The minimum Gasteiger partial charge on any atom is -0.493 e. The summed E-state index contributed by atoms with van der Waals surface area (Å²) in [7, 11) is 0. The maximum absolute atomic E-state index is 12.5. The number of carboxylic acids is 1. The Morgan fingerprint density at radius 1 is 0.886 bits per heavy atom. The zero-order chi connectivity index (χ0) is 24.4. The van der Waals surface area contributed by atoms with Crippen LogP contribution in [0, 0.1) is 13.8 Å². The largest absolute Gasteiger partial charge is 0.493 e. The van der Waals surface area contributed by atoms with Crippen molar-refractivity contribution in [2.45, 2.75) is 33.2 Å². The third-order valence-electron chi connectivity index (χ3n) is 6.68. The number of hydrogen-bond donors (Lipinski definition) is 1. The molecule has 1 heterocycles. The average Bonchev–Trinajstić information content (AvgIpc) is 3.17. The first kappa shape index (κ1) is 22.7. The van der Waals surface area contributed by atoms with Gasteiger partial charge in [0.25, 0.3) is 0 Å². The van der Waals surface area contributed by atoms with Crippen molar-refractivity contribution in [3.63, 3.8) is 0 Å². The number of hydrogen-bond acceptors (Lipinski definition) is 2. The second-order valence-corrected chi connectivity index (χ2v) is 9.09. The molecule has 4 nitrogen and oxygen atoms in total. The van der Waals surface area contributed by atoms with Gasteiger partial charge in [0.05, 0.1) is 6.61 Å². The molecule has 5 rings (SSSR count). The second kappa shape index (κ2) is 9.67. The zero-order valence-electron chi connectivity index (χ0n) is 20.1.